The van der Waals surface area contributed by atoms with Crippen molar-refractivity contribution in [3.05, 3.63) is 33.9 Å². The molecule has 1 saturated heterocycles. The first kappa shape index (κ1) is 14.5. The highest BCUT2D eigenvalue weighted by atomic mass is 16.6. The van der Waals surface area contributed by atoms with Gasteiger partial charge in [0.2, 0.25) is 0 Å². The molecule has 0 atom stereocenters. The van der Waals surface area contributed by atoms with E-state index < -0.39 is 4.92 Å². The van der Waals surface area contributed by atoms with Crippen LogP contribution in [0.15, 0.2) is 18.2 Å². The highest BCUT2D eigenvalue weighted by Crippen LogP contribution is 2.27. The topological polar surface area (TPSA) is 72.7 Å². The molecule has 0 bridgehead atoms. The van der Waals surface area contributed by atoms with E-state index in [0.717, 1.165) is 26.1 Å². The second-order valence-electron chi connectivity index (χ2n) is 4.85. The van der Waals surface area contributed by atoms with E-state index in [1.807, 2.05) is 0 Å². The Morgan fingerprint density at radius 2 is 2.10 bits per heavy atom. The van der Waals surface area contributed by atoms with Crippen LogP contribution in [0.3, 0.4) is 0 Å². The van der Waals surface area contributed by atoms with Crippen LogP contribution in [0.5, 0.6) is 5.75 Å². The van der Waals surface area contributed by atoms with Crippen molar-refractivity contribution in [3.8, 4) is 5.75 Å². The Labute approximate surface area is 117 Å². The molecule has 1 fully saturated rings. The fraction of sp³-hybridized carbons (Fsp3) is 0.500. The van der Waals surface area contributed by atoms with Crippen LogP contribution in [0.25, 0.3) is 0 Å². The number of ether oxygens (including phenoxy) is 1. The number of likely N-dealkylation sites (tertiary alicyclic amines) is 1. The van der Waals surface area contributed by atoms with Crippen molar-refractivity contribution in [2.45, 2.75) is 19.3 Å². The number of rotatable bonds is 7. The van der Waals surface area contributed by atoms with Gasteiger partial charge in [0.15, 0.2) is 5.75 Å². The molecule has 1 aromatic carbocycles. The minimum Gasteiger partial charge on any atom is -0.487 e. The van der Waals surface area contributed by atoms with Gasteiger partial charge in [-0.05, 0) is 44.5 Å². The molecule has 0 aliphatic carbocycles. The molecule has 0 amide bonds. The van der Waals surface area contributed by atoms with Gasteiger partial charge in [0.25, 0.3) is 0 Å². The van der Waals surface area contributed by atoms with E-state index in [2.05, 4.69) is 4.90 Å². The van der Waals surface area contributed by atoms with Gasteiger partial charge in [-0.3, -0.25) is 14.9 Å². The van der Waals surface area contributed by atoms with Gasteiger partial charge >= 0.3 is 5.69 Å². The predicted molar refractivity (Wildman–Crippen MR) is 74.3 cm³/mol. The molecule has 6 nitrogen and oxygen atoms in total. The van der Waals surface area contributed by atoms with Crippen LogP contribution in [0, 0.1) is 10.1 Å². The van der Waals surface area contributed by atoms with E-state index >= 15 is 0 Å². The van der Waals surface area contributed by atoms with E-state index in [9.17, 15) is 14.9 Å². The summed E-state index contributed by atoms with van der Waals surface area (Å²) in [5.41, 5.74) is 0.280. The van der Waals surface area contributed by atoms with Crippen LogP contribution < -0.4 is 4.74 Å². The summed E-state index contributed by atoms with van der Waals surface area (Å²) in [6.07, 6.45) is 3.96. The van der Waals surface area contributed by atoms with Crippen LogP contribution in [0.2, 0.25) is 0 Å². The van der Waals surface area contributed by atoms with Crippen LogP contribution in [-0.2, 0) is 0 Å². The molecule has 108 valence electrons. The Morgan fingerprint density at radius 3 is 2.75 bits per heavy atom. The molecule has 0 radical (unpaired) electrons. The van der Waals surface area contributed by atoms with Crippen molar-refractivity contribution in [2.75, 3.05) is 26.2 Å². The second-order valence-corrected chi connectivity index (χ2v) is 4.85. The van der Waals surface area contributed by atoms with E-state index in [4.69, 9.17) is 4.74 Å². The minimum absolute atomic E-state index is 0.100. The first-order valence-electron chi connectivity index (χ1n) is 6.79. The number of nitrogens with zero attached hydrogens (tertiary/aromatic N) is 2. The van der Waals surface area contributed by atoms with Gasteiger partial charge < -0.3 is 9.64 Å². The highest BCUT2D eigenvalue weighted by molar-refractivity contribution is 5.76. The summed E-state index contributed by atoms with van der Waals surface area (Å²) < 4.78 is 5.47. The van der Waals surface area contributed by atoms with E-state index in [0.29, 0.717) is 18.5 Å². The van der Waals surface area contributed by atoms with Gasteiger partial charge in [0, 0.05) is 18.2 Å². The zero-order chi connectivity index (χ0) is 14.4. The molecule has 1 aromatic rings. The van der Waals surface area contributed by atoms with Gasteiger partial charge in [-0.15, -0.1) is 0 Å². The molecule has 20 heavy (non-hydrogen) atoms. The Morgan fingerprint density at radius 1 is 1.35 bits per heavy atom. The van der Waals surface area contributed by atoms with E-state index in [1.54, 1.807) is 0 Å². The molecule has 0 saturated carbocycles. The SMILES string of the molecule is O=Cc1ccc([N+](=O)[O-])c(OCCCN2CCCC2)c1. The third kappa shape index (κ3) is 3.77. The van der Waals surface area contributed by atoms with Crippen molar-refractivity contribution in [3.63, 3.8) is 0 Å². The van der Waals surface area contributed by atoms with Gasteiger partial charge in [0.1, 0.15) is 6.29 Å². The normalized spacial score (nSPS) is 15.2. The number of benzene rings is 1. The molecule has 1 aliphatic heterocycles. The van der Waals surface area contributed by atoms with Crippen molar-refractivity contribution >= 4 is 12.0 Å². The monoisotopic (exact) mass is 278 g/mol. The second kappa shape index (κ2) is 7.00. The largest absolute Gasteiger partial charge is 0.487 e. The summed E-state index contributed by atoms with van der Waals surface area (Å²) in [6, 6.07) is 4.14. The maximum absolute atomic E-state index is 10.9. The number of carbonyl (C=O) groups excluding carboxylic acids is 1. The first-order valence-corrected chi connectivity index (χ1v) is 6.79. The van der Waals surface area contributed by atoms with Crippen LogP contribution in [-0.4, -0.2) is 42.4 Å². The van der Waals surface area contributed by atoms with Crippen LogP contribution in [0.4, 0.5) is 5.69 Å². The van der Waals surface area contributed by atoms with Crippen LogP contribution in [0.1, 0.15) is 29.6 Å². The quantitative estimate of drug-likeness (QED) is 0.331. The third-order valence-corrected chi connectivity index (χ3v) is 3.39. The van der Waals surface area contributed by atoms with Gasteiger partial charge in [-0.25, -0.2) is 0 Å². The summed E-state index contributed by atoms with van der Waals surface area (Å²) in [4.78, 5) is 23.5. The average molecular weight is 278 g/mol. The Kier molecular flexibility index (Phi) is 5.06. The molecule has 0 unspecified atom stereocenters. The number of hydrogen-bond donors (Lipinski definition) is 0. The standard InChI is InChI=1S/C14H18N2O4/c17-11-12-4-5-13(16(18)19)14(10-12)20-9-3-8-15-6-1-2-7-15/h4-5,10-11H,1-3,6-9H2. The molecule has 0 N–H and O–H groups in total. The third-order valence-electron chi connectivity index (χ3n) is 3.39. The number of hydrogen-bond acceptors (Lipinski definition) is 5. The maximum Gasteiger partial charge on any atom is 0.310 e. The fourth-order valence-corrected chi connectivity index (χ4v) is 2.35. The number of carbonyl (C=O) groups is 1. The molecule has 0 aromatic heterocycles. The fourth-order valence-electron chi connectivity index (χ4n) is 2.35. The molecule has 0 spiro atoms. The number of aldehydes is 1. The predicted octanol–water partition coefficient (Wildman–Crippen LogP) is 2.27. The maximum atomic E-state index is 10.9. The van der Waals surface area contributed by atoms with E-state index in [1.165, 1.54) is 31.0 Å². The van der Waals surface area contributed by atoms with Crippen molar-refractivity contribution in [2.24, 2.45) is 0 Å². The molecular formula is C14H18N2O4. The molecule has 1 aliphatic rings. The van der Waals surface area contributed by atoms with Gasteiger partial charge in [0.05, 0.1) is 11.5 Å². The molecule has 6 heteroatoms. The zero-order valence-electron chi connectivity index (χ0n) is 11.3. The van der Waals surface area contributed by atoms with Crippen molar-refractivity contribution in [1.82, 2.24) is 4.90 Å². The zero-order valence-corrected chi connectivity index (χ0v) is 11.3. The lowest BCUT2D eigenvalue weighted by Crippen LogP contribution is -2.22. The molecule has 1 heterocycles. The number of nitro benzene ring substituents is 1. The summed E-state index contributed by atoms with van der Waals surface area (Å²) in [5, 5.41) is 10.9. The Balaban J connectivity index is 1.89. The lowest BCUT2D eigenvalue weighted by atomic mass is 10.2. The summed E-state index contributed by atoms with van der Waals surface area (Å²) in [5.74, 6) is 0.168. The summed E-state index contributed by atoms with van der Waals surface area (Å²) in [7, 11) is 0. The first-order chi connectivity index (χ1) is 9.70. The lowest BCUT2D eigenvalue weighted by Gasteiger charge is -2.14. The van der Waals surface area contributed by atoms with Crippen molar-refractivity contribution < 1.29 is 14.5 Å². The van der Waals surface area contributed by atoms with Gasteiger partial charge in [-0.1, -0.05) is 0 Å². The van der Waals surface area contributed by atoms with E-state index in [-0.39, 0.29) is 11.4 Å². The number of nitro groups is 1. The molecular weight excluding hydrogens is 260 g/mol. The summed E-state index contributed by atoms with van der Waals surface area (Å²) in [6.45, 7) is 3.61. The highest BCUT2D eigenvalue weighted by Gasteiger charge is 2.16. The van der Waals surface area contributed by atoms with Crippen LogP contribution >= 0.6 is 0 Å². The molecule has 2 rings (SSSR count). The summed E-state index contributed by atoms with van der Waals surface area (Å²) >= 11 is 0. The van der Waals surface area contributed by atoms with Crippen molar-refractivity contribution in [1.29, 1.82) is 0 Å². The Hall–Kier alpha value is -1.95. The van der Waals surface area contributed by atoms with Gasteiger partial charge in [-0.2, -0.15) is 0 Å². The average Bonchev–Trinajstić information content (AvgIpc) is 2.96. The minimum atomic E-state index is -0.496. The Bertz CT molecular complexity index is 484. The lowest BCUT2D eigenvalue weighted by molar-refractivity contribution is -0.385. The smallest absolute Gasteiger partial charge is 0.310 e.